The molecule has 2 heterocycles. The van der Waals surface area contributed by atoms with Gasteiger partial charge in [-0.2, -0.15) is 9.61 Å². The molecule has 0 fully saturated rings. The molecule has 114 valence electrons. The molecule has 1 atom stereocenters. The molecule has 0 saturated heterocycles. The van der Waals surface area contributed by atoms with Crippen molar-refractivity contribution in [1.29, 1.82) is 0 Å². The van der Waals surface area contributed by atoms with Crippen LogP contribution in [-0.4, -0.2) is 20.6 Å². The Kier molecular flexibility index (Phi) is 3.84. The van der Waals surface area contributed by atoms with Gasteiger partial charge in [-0.25, -0.2) is 4.98 Å². The Bertz CT molecular complexity index is 790. The largest absolute Gasteiger partial charge is 0.367 e. The second-order valence-electron chi connectivity index (χ2n) is 5.80. The van der Waals surface area contributed by atoms with Gasteiger partial charge in [-0.1, -0.05) is 37.3 Å². The van der Waals surface area contributed by atoms with Gasteiger partial charge in [0, 0.05) is 23.4 Å². The van der Waals surface area contributed by atoms with Crippen LogP contribution in [0.5, 0.6) is 0 Å². The van der Waals surface area contributed by atoms with Crippen molar-refractivity contribution in [2.75, 3.05) is 5.32 Å². The maximum atomic E-state index is 4.73. The van der Waals surface area contributed by atoms with Crippen molar-refractivity contribution in [3.05, 3.63) is 47.8 Å². The van der Waals surface area contributed by atoms with Gasteiger partial charge in [0.15, 0.2) is 5.65 Å². The van der Waals surface area contributed by atoms with Crippen LogP contribution < -0.4 is 5.32 Å². The molecule has 2 aromatic heterocycles. The van der Waals surface area contributed by atoms with E-state index in [-0.39, 0.29) is 0 Å². The fraction of sp³-hybridized carbons (Fsp3) is 0.333. The fourth-order valence-corrected chi connectivity index (χ4v) is 2.64. The van der Waals surface area contributed by atoms with Gasteiger partial charge in [-0.05, 0) is 32.8 Å². The van der Waals surface area contributed by atoms with E-state index in [1.165, 1.54) is 0 Å². The van der Waals surface area contributed by atoms with Crippen molar-refractivity contribution in [3.8, 4) is 11.1 Å². The van der Waals surface area contributed by atoms with Crippen LogP contribution in [0.25, 0.3) is 16.8 Å². The third kappa shape index (κ3) is 2.56. The Morgan fingerprint density at radius 1 is 1.18 bits per heavy atom. The maximum Gasteiger partial charge on any atom is 0.165 e. The normalized spacial score (nSPS) is 12.5. The Morgan fingerprint density at radius 3 is 2.59 bits per heavy atom. The molecule has 0 bridgehead atoms. The third-order valence-corrected chi connectivity index (χ3v) is 3.96. The summed E-state index contributed by atoms with van der Waals surface area (Å²) in [6.07, 6.45) is 1.06. The van der Waals surface area contributed by atoms with Crippen LogP contribution in [0.3, 0.4) is 0 Å². The third-order valence-electron chi connectivity index (χ3n) is 3.96. The molecule has 1 N–H and O–H groups in total. The first kappa shape index (κ1) is 14.6. The molecule has 0 unspecified atom stereocenters. The zero-order valence-electron chi connectivity index (χ0n) is 13.6. The zero-order valence-corrected chi connectivity index (χ0v) is 13.6. The number of hydrogen-bond acceptors (Lipinski definition) is 3. The average Bonchev–Trinajstić information content (AvgIpc) is 2.84. The van der Waals surface area contributed by atoms with Gasteiger partial charge in [0.25, 0.3) is 0 Å². The van der Waals surface area contributed by atoms with E-state index in [0.717, 1.165) is 40.4 Å². The monoisotopic (exact) mass is 294 g/mol. The van der Waals surface area contributed by atoms with E-state index < -0.39 is 0 Å². The van der Waals surface area contributed by atoms with Crippen molar-refractivity contribution >= 4 is 11.5 Å². The average molecular weight is 294 g/mol. The van der Waals surface area contributed by atoms with Crippen molar-refractivity contribution in [2.45, 2.75) is 40.2 Å². The maximum absolute atomic E-state index is 4.73. The lowest BCUT2D eigenvalue weighted by Crippen LogP contribution is -2.16. The lowest BCUT2D eigenvalue weighted by Gasteiger charge is -2.14. The number of rotatable bonds is 4. The minimum Gasteiger partial charge on any atom is -0.367 e. The molecule has 0 saturated carbocycles. The molecule has 0 spiro atoms. The molecule has 4 nitrogen and oxygen atoms in total. The smallest absolute Gasteiger partial charge is 0.165 e. The molecule has 22 heavy (non-hydrogen) atoms. The van der Waals surface area contributed by atoms with Crippen molar-refractivity contribution in [2.24, 2.45) is 0 Å². The van der Waals surface area contributed by atoms with E-state index in [2.05, 4.69) is 37.4 Å². The van der Waals surface area contributed by atoms with Crippen LogP contribution in [0.2, 0.25) is 0 Å². The first-order valence-electron chi connectivity index (χ1n) is 7.79. The van der Waals surface area contributed by atoms with E-state index in [1.807, 2.05) is 36.6 Å². The van der Waals surface area contributed by atoms with Gasteiger partial charge in [0.05, 0.1) is 5.69 Å². The van der Waals surface area contributed by atoms with Crippen molar-refractivity contribution in [3.63, 3.8) is 0 Å². The number of aryl methyl sites for hydroxylation is 2. The van der Waals surface area contributed by atoms with E-state index >= 15 is 0 Å². The second-order valence-corrected chi connectivity index (χ2v) is 5.80. The standard InChI is InChI=1S/C18H22N4/c1-5-12(2)19-16-11-13(3)20-18-17(14(4)21-22(16)18)15-9-7-6-8-10-15/h6-12,19H,5H2,1-4H3/t12-/m1/s1. The van der Waals surface area contributed by atoms with E-state index in [9.17, 15) is 0 Å². The van der Waals surface area contributed by atoms with E-state index in [4.69, 9.17) is 10.1 Å². The SMILES string of the molecule is CC[C@@H](C)Nc1cc(C)nc2c(-c3ccccc3)c(C)nn12. The first-order valence-corrected chi connectivity index (χ1v) is 7.79. The summed E-state index contributed by atoms with van der Waals surface area (Å²) in [6, 6.07) is 12.8. The summed E-state index contributed by atoms with van der Waals surface area (Å²) in [5, 5.41) is 8.24. The quantitative estimate of drug-likeness (QED) is 0.783. The van der Waals surface area contributed by atoms with Crippen LogP contribution in [0.1, 0.15) is 31.7 Å². The molecule has 1 aromatic carbocycles. The van der Waals surface area contributed by atoms with Crippen LogP contribution in [0.4, 0.5) is 5.82 Å². The van der Waals surface area contributed by atoms with Crippen molar-refractivity contribution < 1.29 is 0 Å². The summed E-state index contributed by atoms with van der Waals surface area (Å²) in [6.45, 7) is 8.42. The Balaban J connectivity index is 2.22. The highest BCUT2D eigenvalue weighted by molar-refractivity contribution is 5.80. The second kappa shape index (κ2) is 5.79. The Labute approximate surface area is 131 Å². The van der Waals surface area contributed by atoms with Gasteiger partial charge >= 0.3 is 0 Å². The highest BCUT2D eigenvalue weighted by Gasteiger charge is 2.16. The summed E-state index contributed by atoms with van der Waals surface area (Å²) in [4.78, 5) is 4.73. The molecular weight excluding hydrogens is 272 g/mol. The van der Waals surface area contributed by atoms with E-state index in [1.54, 1.807) is 0 Å². The predicted molar refractivity (Wildman–Crippen MR) is 91.3 cm³/mol. The molecule has 0 radical (unpaired) electrons. The molecule has 0 aliphatic rings. The molecular formula is C18H22N4. The number of nitrogens with zero attached hydrogens (tertiary/aromatic N) is 3. The molecule has 4 heteroatoms. The minimum atomic E-state index is 0.398. The summed E-state index contributed by atoms with van der Waals surface area (Å²) in [7, 11) is 0. The van der Waals surface area contributed by atoms with Crippen LogP contribution in [0.15, 0.2) is 36.4 Å². The highest BCUT2D eigenvalue weighted by Crippen LogP contribution is 2.29. The van der Waals surface area contributed by atoms with Gasteiger partial charge in [0.1, 0.15) is 5.82 Å². The summed E-state index contributed by atoms with van der Waals surface area (Å²) in [5.41, 5.74) is 5.17. The Hall–Kier alpha value is -2.36. The summed E-state index contributed by atoms with van der Waals surface area (Å²) in [5.74, 6) is 1.00. The molecule has 0 aliphatic carbocycles. The van der Waals surface area contributed by atoms with Crippen LogP contribution in [0, 0.1) is 13.8 Å². The van der Waals surface area contributed by atoms with Gasteiger partial charge < -0.3 is 5.32 Å². The van der Waals surface area contributed by atoms with Gasteiger partial charge in [-0.3, -0.25) is 0 Å². The van der Waals surface area contributed by atoms with E-state index in [0.29, 0.717) is 6.04 Å². The topological polar surface area (TPSA) is 42.2 Å². The fourth-order valence-electron chi connectivity index (χ4n) is 2.64. The van der Waals surface area contributed by atoms with Crippen LogP contribution in [-0.2, 0) is 0 Å². The number of anilines is 1. The number of nitrogens with one attached hydrogen (secondary N) is 1. The number of hydrogen-bond donors (Lipinski definition) is 1. The Morgan fingerprint density at radius 2 is 1.91 bits per heavy atom. The number of aromatic nitrogens is 3. The molecule has 0 aliphatic heterocycles. The molecule has 3 rings (SSSR count). The summed E-state index contributed by atoms with van der Waals surface area (Å²) < 4.78 is 1.93. The zero-order chi connectivity index (χ0) is 15.7. The first-order chi connectivity index (χ1) is 10.6. The van der Waals surface area contributed by atoms with Gasteiger partial charge in [-0.15, -0.1) is 0 Å². The molecule has 0 amide bonds. The molecule has 3 aromatic rings. The van der Waals surface area contributed by atoms with Crippen LogP contribution >= 0.6 is 0 Å². The lowest BCUT2D eigenvalue weighted by atomic mass is 10.1. The number of benzene rings is 1. The van der Waals surface area contributed by atoms with Gasteiger partial charge in [0.2, 0.25) is 0 Å². The number of fused-ring (bicyclic) bond motifs is 1. The van der Waals surface area contributed by atoms with Crippen molar-refractivity contribution in [1.82, 2.24) is 14.6 Å². The summed E-state index contributed by atoms with van der Waals surface area (Å²) >= 11 is 0. The highest BCUT2D eigenvalue weighted by atomic mass is 15.3. The lowest BCUT2D eigenvalue weighted by molar-refractivity contribution is 0.747. The minimum absolute atomic E-state index is 0.398. The predicted octanol–water partition coefficient (Wildman–Crippen LogP) is 4.22.